The number of carbonyl (C=O) groups excluding carboxylic acids is 1. The van der Waals surface area contributed by atoms with E-state index in [0.29, 0.717) is 13.2 Å². The van der Waals surface area contributed by atoms with E-state index in [1.165, 1.54) is 146 Å². The summed E-state index contributed by atoms with van der Waals surface area (Å²) in [6.45, 7) is 4.79. The molecule has 1 saturated heterocycles. The highest BCUT2D eigenvalue weighted by molar-refractivity contribution is 5.68. The summed E-state index contributed by atoms with van der Waals surface area (Å²) in [5, 5.41) is 30.4. The number of aliphatic hydroxyl groups is 3. The lowest BCUT2D eigenvalue weighted by Crippen LogP contribution is -2.67. The Bertz CT molecular complexity index is 696. The Kier molecular flexibility index (Phi) is 29.2. The van der Waals surface area contributed by atoms with Gasteiger partial charge < -0.3 is 30.5 Å². The van der Waals surface area contributed by atoms with E-state index in [9.17, 15) is 20.1 Å². The molecule has 0 aliphatic carbocycles. The maximum atomic E-state index is 13.2. The van der Waals surface area contributed by atoms with E-state index in [2.05, 4.69) is 13.8 Å². The first-order chi connectivity index (χ1) is 23.0. The second-order valence-electron chi connectivity index (χ2n) is 14.3. The largest absolute Gasteiger partial charge is 0.449 e. The third kappa shape index (κ3) is 21.7. The fourth-order valence-electron chi connectivity index (χ4n) is 6.74. The Hall–Kier alpha value is -0.930. The van der Waals surface area contributed by atoms with E-state index in [1.54, 1.807) is 0 Å². The van der Waals surface area contributed by atoms with Crippen LogP contribution in [0.4, 0.5) is 4.79 Å². The van der Waals surface area contributed by atoms with E-state index in [1.807, 2.05) is 0 Å². The van der Waals surface area contributed by atoms with Gasteiger partial charge in [0.05, 0.1) is 19.3 Å². The van der Waals surface area contributed by atoms with Crippen LogP contribution in [0, 0.1) is 0 Å². The molecule has 1 aliphatic heterocycles. The molecule has 0 radical (unpaired) electrons. The summed E-state index contributed by atoms with van der Waals surface area (Å²) in [5.74, 6) is 0. The minimum Gasteiger partial charge on any atom is -0.449 e. The first-order valence-corrected chi connectivity index (χ1v) is 20.3. The molecule has 5 atom stereocenters. The molecular weight excluding hydrogens is 592 g/mol. The molecule has 1 aliphatic rings. The Labute approximate surface area is 289 Å². The monoisotopic (exact) mass is 671 g/mol. The minimum atomic E-state index is -1.30. The molecule has 0 bridgehead atoms. The summed E-state index contributed by atoms with van der Waals surface area (Å²) in [6, 6.07) is -0.992. The standard InChI is InChI=1S/C39H78N2O6/c1-3-5-7-9-11-13-15-17-18-19-20-22-24-26-28-30-32-46-39(45)41(38-35(40)37(44)36(43)34(33-42)47-38)31-29-27-25-23-21-16-14-12-10-8-6-4-2/h34-38,42-44H,3-33,40H2,1-2H3/t34-,35-,36+,37-,38-/m1/s1. The maximum Gasteiger partial charge on any atom is 0.411 e. The number of hydrogen-bond donors (Lipinski definition) is 4. The highest BCUT2D eigenvalue weighted by Gasteiger charge is 2.46. The van der Waals surface area contributed by atoms with Gasteiger partial charge in [-0.1, -0.05) is 181 Å². The molecule has 1 amide bonds. The van der Waals surface area contributed by atoms with E-state index in [-0.39, 0.29) is 0 Å². The quantitative estimate of drug-likeness (QED) is 0.0526. The number of hydrogen-bond acceptors (Lipinski definition) is 7. The second kappa shape index (κ2) is 31.1. The number of aliphatic hydroxyl groups excluding tert-OH is 3. The number of carbonyl (C=O) groups is 1. The van der Waals surface area contributed by atoms with Gasteiger partial charge in [0.25, 0.3) is 0 Å². The molecular formula is C39H78N2O6. The van der Waals surface area contributed by atoms with Crippen molar-refractivity contribution in [2.75, 3.05) is 19.8 Å². The topological polar surface area (TPSA) is 125 Å². The molecule has 5 N–H and O–H groups in total. The molecule has 0 aromatic carbocycles. The van der Waals surface area contributed by atoms with Gasteiger partial charge in [0.15, 0.2) is 6.23 Å². The van der Waals surface area contributed by atoms with Gasteiger partial charge in [-0.25, -0.2) is 4.79 Å². The van der Waals surface area contributed by atoms with Crippen molar-refractivity contribution in [2.24, 2.45) is 5.73 Å². The number of unbranched alkanes of at least 4 members (excludes halogenated alkanes) is 26. The molecule has 1 heterocycles. The zero-order valence-electron chi connectivity index (χ0n) is 30.9. The van der Waals surface area contributed by atoms with Gasteiger partial charge in [0.1, 0.15) is 18.3 Å². The number of nitrogens with zero attached hydrogens (tertiary/aromatic N) is 1. The van der Waals surface area contributed by atoms with E-state index >= 15 is 0 Å². The van der Waals surface area contributed by atoms with Crippen LogP contribution in [-0.4, -0.2) is 76.7 Å². The molecule has 280 valence electrons. The minimum absolute atomic E-state index is 0.336. The predicted octanol–water partition coefficient (Wildman–Crippen LogP) is 9.15. The fraction of sp³-hybridized carbons (Fsp3) is 0.974. The van der Waals surface area contributed by atoms with E-state index in [4.69, 9.17) is 15.2 Å². The van der Waals surface area contributed by atoms with Crippen LogP contribution in [0.25, 0.3) is 0 Å². The van der Waals surface area contributed by atoms with E-state index < -0.39 is 43.3 Å². The van der Waals surface area contributed by atoms with Crippen LogP contribution >= 0.6 is 0 Å². The Morgan fingerprint density at radius 2 is 0.957 bits per heavy atom. The van der Waals surface area contributed by atoms with Gasteiger partial charge in [0, 0.05) is 6.54 Å². The van der Waals surface area contributed by atoms with Gasteiger partial charge in [-0.3, -0.25) is 4.90 Å². The van der Waals surface area contributed by atoms with Crippen molar-refractivity contribution in [1.29, 1.82) is 0 Å². The van der Waals surface area contributed by atoms with Crippen molar-refractivity contribution in [1.82, 2.24) is 4.90 Å². The fourth-order valence-corrected chi connectivity index (χ4v) is 6.74. The Balaban J connectivity index is 2.28. The molecule has 0 spiro atoms. The Morgan fingerprint density at radius 1 is 0.596 bits per heavy atom. The molecule has 1 fully saturated rings. The highest BCUT2D eigenvalue weighted by atomic mass is 16.6. The first-order valence-electron chi connectivity index (χ1n) is 20.3. The lowest BCUT2D eigenvalue weighted by atomic mass is 9.96. The van der Waals surface area contributed by atoms with E-state index in [0.717, 1.165) is 38.5 Å². The predicted molar refractivity (Wildman–Crippen MR) is 194 cm³/mol. The smallest absolute Gasteiger partial charge is 0.411 e. The van der Waals surface area contributed by atoms with Crippen LogP contribution in [-0.2, 0) is 9.47 Å². The van der Waals surface area contributed by atoms with Crippen molar-refractivity contribution in [3.63, 3.8) is 0 Å². The number of ether oxygens (including phenoxy) is 2. The van der Waals surface area contributed by atoms with Gasteiger partial charge in [-0.05, 0) is 12.8 Å². The molecule has 0 saturated carbocycles. The van der Waals surface area contributed by atoms with Crippen LogP contribution in [0.1, 0.15) is 194 Å². The summed E-state index contributed by atoms with van der Waals surface area (Å²) in [7, 11) is 0. The number of rotatable bonds is 32. The summed E-state index contributed by atoms with van der Waals surface area (Å²) >= 11 is 0. The molecule has 47 heavy (non-hydrogen) atoms. The van der Waals surface area contributed by atoms with Crippen LogP contribution in [0.2, 0.25) is 0 Å². The first kappa shape index (κ1) is 44.1. The van der Waals surface area contributed by atoms with Gasteiger partial charge >= 0.3 is 6.09 Å². The second-order valence-corrected chi connectivity index (χ2v) is 14.3. The lowest BCUT2D eigenvalue weighted by Gasteiger charge is -2.44. The van der Waals surface area contributed by atoms with Crippen molar-refractivity contribution in [2.45, 2.75) is 224 Å². The summed E-state index contributed by atoms with van der Waals surface area (Å²) < 4.78 is 11.5. The molecule has 0 unspecified atom stereocenters. The summed E-state index contributed by atoms with van der Waals surface area (Å²) in [4.78, 5) is 14.7. The SMILES string of the molecule is CCCCCCCCCCCCCCCCCCOC(=O)N(CCCCCCCCCCCCCC)[C@@H]1O[C@H](CO)[C@H](O)[C@H](O)[C@H]1N. The van der Waals surface area contributed by atoms with Crippen LogP contribution in [0.5, 0.6) is 0 Å². The highest BCUT2D eigenvalue weighted by Crippen LogP contribution is 2.24. The van der Waals surface area contributed by atoms with Crippen LogP contribution in [0.3, 0.4) is 0 Å². The van der Waals surface area contributed by atoms with Crippen molar-refractivity contribution < 1.29 is 29.6 Å². The molecule has 8 nitrogen and oxygen atoms in total. The number of nitrogens with two attached hydrogens (primary N) is 1. The maximum absolute atomic E-state index is 13.2. The number of amides is 1. The average molecular weight is 671 g/mol. The molecule has 0 aromatic rings. The molecule has 1 rings (SSSR count). The third-order valence-corrected chi connectivity index (χ3v) is 9.97. The van der Waals surface area contributed by atoms with Crippen molar-refractivity contribution in [3.8, 4) is 0 Å². The third-order valence-electron chi connectivity index (χ3n) is 9.97. The van der Waals surface area contributed by atoms with Crippen molar-refractivity contribution >= 4 is 6.09 Å². The molecule has 0 aromatic heterocycles. The lowest BCUT2D eigenvalue weighted by molar-refractivity contribution is -0.221. The molecule has 8 heteroatoms. The Morgan fingerprint density at radius 3 is 1.34 bits per heavy atom. The van der Waals surface area contributed by atoms with Crippen molar-refractivity contribution in [3.05, 3.63) is 0 Å². The van der Waals surface area contributed by atoms with Gasteiger partial charge in [-0.15, -0.1) is 0 Å². The normalized spacial score (nSPS) is 21.3. The van der Waals surface area contributed by atoms with Gasteiger partial charge in [0.2, 0.25) is 0 Å². The zero-order valence-corrected chi connectivity index (χ0v) is 30.9. The average Bonchev–Trinajstić information content (AvgIpc) is 3.07. The zero-order chi connectivity index (χ0) is 34.4. The van der Waals surface area contributed by atoms with Gasteiger partial charge in [-0.2, -0.15) is 0 Å². The summed E-state index contributed by atoms with van der Waals surface area (Å²) in [6.07, 6.45) is 30.2. The summed E-state index contributed by atoms with van der Waals surface area (Å²) in [5.41, 5.74) is 6.23. The van der Waals surface area contributed by atoms with Crippen LogP contribution < -0.4 is 5.73 Å². The van der Waals surface area contributed by atoms with Crippen LogP contribution in [0.15, 0.2) is 0 Å².